The minimum Gasteiger partial charge on any atom is -0.284 e. The number of nitrogens with zero attached hydrogens (tertiary/aromatic N) is 1. The van der Waals surface area contributed by atoms with Crippen LogP contribution in [0, 0.1) is 0 Å². The van der Waals surface area contributed by atoms with E-state index >= 15 is 0 Å². The Kier molecular flexibility index (Phi) is 5.86. The summed E-state index contributed by atoms with van der Waals surface area (Å²) >= 11 is 1.19. The summed E-state index contributed by atoms with van der Waals surface area (Å²) in [5.74, 6) is -0.0209. The van der Waals surface area contributed by atoms with Gasteiger partial charge in [-0.15, -0.1) is 11.3 Å². The third-order valence-electron chi connectivity index (χ3n) is 4.97. The van der Waals surface area contributed by atoms with Crippen molar-refractivity contribution in [2.24, 2.45) is 0 Å². The Bertz CT molecular complexity index is 1220. The van der Waals surface area contributed by atoms with E-state index in [-0.39, 0.29) is 5.75 Å². The van der Waals surface area contributed by atoms with E-state index in [1.807, 2.05) is 30.3 Å². The van der Waals surface area contributed by atoms with Crippen LogP contribution in [0.3, 0.4) is 0 Å². The topological polar surface area (TPSA) is 83.6 Å². The van der Waals surface area contributed by atoms with E-state index < -0.39 is 20.0 Å². The van der Waals surface area contributed by atoms with Crippen LogP contribution in [0.2, 0.25) is 0 Å². The van der Waals surface area contributed by atoms with Crippen LogP contribution in [0.1, 0.15) is 17.5 Å². The first-order valence-corrected chi connectivity index (χ1v) is 13.6. The summed E-state index contributed by atoms with van der Waals surface area (Å²) < 4.78 is 55.3. The molecule has 2 heterocycles. The third kappa shape index (κ3) is 4.53. The molecule has 9 heteroatoms. The van der Waals surface area contributed by atoms with Gasteiger partial charge in [0.15, 0.2) is 0 Å². The zero-order chi connectivity index (χ0) is 21.2. The molecule has 0 bridgehead atoms. The standard InChI is InChI=1S/C21H22N2O4S3/c24-29(25,15-12-17-6-2-1-3-7-17)22-19-10-11-20-18(16-19)8-4-13-23(20)30(26,27)21-9-5-14-28-21/h1-3,5-7,9-11,14,16,22H,4,8,12-13,15H2. The highest BCUT2D eigenvalue weighted by Crippen LogP contribution is 2.35. The molecule has 4 rings (SSSR count). The Balaban J connectivity index is 1.52. The van der Waals surface area contributed by atoms with Gasteiger partial charge in [0.25, 0.3) is 10.0 Å². The van der Waals surface area contributed by atoms with Crippen LogP contribution in [0.25, 0.3) is 0 Å². The molecule has 1 aliphatic rings. The van der Waals surface area contributed by atoms with Gasteiger partial charge >= 0.3 is 0 Å². The van der Waals surface area contributed by atoms with Crippen molar-refractivity contribution < 1.29 is 16.8 Å². The van der Waals surface area contributed by atoms with E-state index in [4.69, 9.17) is 0 Å². The Morgan fingerprint density at radius 3 is 2.50 bits per heavy atom. The predicted molar refractivity (Wildman–Crippen MR) is 121 cm³/mol. The summed E-state index contributed by atoms with van der Waals surface area (Å²) in [6, 6.07) is 17.8. The number of hydrogen-bond acceptors (Lipinski definition) is 5. The Hall–Kier alpha value is -2.36. The van der Waals surface area contributed by atoms with Gasteiger partial charge in [-0.05, 0) is 60.0 Å². The average Bonchev–Trinajstić information content (AvgIpc) is 3.28. The molecule has 0 saturated heterocycles. The molecule has 3 aromatic rings. The lowest BCUT2D eigenvalue weighted by atomic mass is 10.0. The highest BCUT2D eigenvalue weighted by atomic mass is 32.2. The average molecular weight is 463 g/mol. The maximum Gasteiger partial charge on any atom is 0.273 e. The molecule has 6 nitrogen and oxygen atoms in total. The lowest BCUT2D eigenvalue weighted by Crippen LogP contribution is -2.35. The largest absolute Gasteiger partial charge is 0.284 e. The molecule has 1 aliphatic heterocycles. The fourth-order valence-corrected chi connectivity index (χ4v) is 7.26. The van der Waals surface area contributed by atoms with Gasteiger partial charge in [0.2, 0.25) is 10.0 Å². The van der Waals surface area contributed by atoms with Crippen LogP contribution in [0.5, 0.6) is 0 Å². The number of fused-ring (bicyclic) bond motifs is 1. The van der Waals surface area contributed by atoms with Crippen LogP contribution in [-0.2, 0) is 32.9 Å². The van der Waals surface area contributed by atoms with E-state index in [1.165, 1.54) is 15.6 Å². The zero-order valence-corrected chi connectivity index (χ0v) is 18.6. The second-order valence-electron chi connectivity index (χ2n) is 7.11. The molecule has 158 valence electrons. The van der Waals surface area contributed by atoms with Gasteiger partial charge in [-0.2, -0.15) is 0 Å². The van der Waals surface area contributed by atoms with Crippen molar-refractivity contribution in [3.63, 3.8) is 0 Å². The normalized spacial score (nSPS) is 14.3. The Labute approximate surface area is 181 Å². The van der Waals surface area contributed by atoms with Gasteiger partial charge in [0.1, 0.15) is 4.21 Å². The van der Waals surface area contributed by atoms with Crippen molar-refractivity contribution in [1.82, 2.24) is 0 Å². The SMILES string of the molecule is O=S(=O)(CCc1ccccc1)Nc1ccc2c(c1)CCCN2S(=O)(=O)c1cccs1. The lowest BCUT2D eigenvalue weighted by molar-refractivity contribution is 0.588. The molecule has 0 fully saturated rings. The molecule has 0 amide bonds. The lowest BCUT2D eigenvalue weighted by Gasteiger charge is -2.30. The minimum atomic E-state index is -3.61. The number of sulfonamides is 2. The van der Waals surface area contributed by atoms with Crippen molar-refractivity contribution in [1.29, 1.82) is 0 Å². The molecule has 0 atom stereocenters. The molecular weight excluding hydrogens is 440 g/mol. The van der Waals surface area contributed by atoms with Crippen molar-refractivity contribution in [3.8, 4) is 0 Å². The smallest absolute Gasteiger partial charge is 0.273 e. The number of rotatable bonds is 7. The van der Waals surface area contributed by atoms with E-state index in [1.54, 1.807) is 35.7 Å². The zero-order valence-electron chi connectivity index (χ0n) is 16.2. The van der Waals surface area contributed by atoms with Gasteiger partial charge in [-0.1, -0.05) is 36.4 Å². The predicted octanol–water partition coefficient (Wildman–Crippen LogP) is 3.87. The summed E-state index contributed by atoms with van der Waals surface area (Å²) in [6.45, 7) is 0.412. The summed E-state index contributed by atoms with van der Waals surface area (Å²) in [7, 11) is -7.12. The van der Waals surface area contributed by atoms with E-state index in [2.05, 4.69) is 4.72 Å². The number of aryl methyl sites for hydroxylation is 2. The van der Waals surface area contributed by atoms with Gasteiger partial charge in [-0.25, -0.2) is 16.8 Å². The fourth-order valence-electron chi connectivity index (χ4n) is 3.52. The third-order valence-corrected chi connectivity index (χ3v) is 9.45. The van der Waals surface area contributed by atoms with Crippen LogP contribution >= 0.6 is 11.3 Å². The van der Waals surface area contributed by atoms with Crippen molar-refractivity contribution in [2.45, 2.75) is 23.5 Å². The number of thiophene rings is 1. The van der Waals surface area contributed by atoms with Crippen LogP contribution in [-0.4, -0.2) is 29.1 Å². The van der Waals surface area contributed by atoms with Crippen LogP contribution < -0.4 is 9.03 Å². The van der Waals surface area contributed by atoms with Gasteiger partial charge in [-0.3, -0.25) is 9.03 Å². The molecule has 0 aliphatic carbocycles. The molecule has 1 N–H and O–H groups in total. The van der Waals surface area contributed by atoms with Gasteiger partial charge in [0, 0.05) is 12.2 Å². The molecule has 0 radical (unpaired) electrons. The Morgan fingerprint density at radius 2 is 1.77 bits per heavy atom. The number of nitrogens with one attached hydrogen (secondary N) is 1. The van der Waals surface area contributed by atoms with E-state index in [9.17, 15) is 16.8 Å². The number of anilines is 2. The molecule has 0 unspecified atom stereocenters. The van der Waals surface area contributed by atoms with Crippen molar-refractivity contribution in [3.05, 3.63) is 77.2 Å². The second kappa shape index (κ2) is 8.41. The van der Waals surface area contributed by atoms with E-state index in [0.29, 0.717) is 41.4 Å². The number of hydrogen-bond donors (Lipinski definition) is 1. The number of benzene rings is 2. The molecular formula is C21H22N2O4S3. The van der Waals surface area contributed by atoms with Gasteiger partial charge < -0.3 is 0 Å². The van der Waals surface area contributed by atoms with Crippen molar-refractivity contribution in [2.75, 3.05) is 21.3 Å². The molecule has 0 saturated carbocycles. The highest BCUT2D eigenvalue weighted by molar-refractivity contribution is 7.94. The first-order chi connectivity index (χ1) is 14.4. The summed E-state index contributed by atoms with van der Waals surface area (Å²) in [5.41, 5.74) is 2.85. The minimum absolute atomic E-state index is 0.0209. The molecule has 1 aromatic heterocycles. The summed E-state index contributed by atoms with van der Waals surface area (Å²) in [6.07, 6.45) is 1.81. The Morgan fingerprint density at radius 1 is 0.967 bits per heavy atom. The van der Waals surface area contributed by atoms with E-state index in [0.717, 1.165) is 11.1 Å². The molecule has 30 heavy (non-hydrogen) atoms. The quantitative estimate of drug-likeness (QED) is 0.578. The van der Waals surface area contributed by atoms with Crippen LogP contribution in [0.4, 0.5) is 11.4 Å². The second-order valence-corrected chi connectivity index (χ2v) is 12.0. The first kappa shape index (κ1) is 20.9. The summed E-state index contributed by atoms with van der Waals surface area (Å²) in [5, 5.41) is 1.74. The van der Waals surface area contributed by atoms with Crippen LogP contribution in [0.15, 0.2) is 70.3 Å². The summed E-state index contributed by atoms with van der Waals surface area (Å²) in [4.78, 5) is 0. The molecule has 0 spiro atoms. The highest BCUT2D eigenvalue weighted by Gasteiger charge is 2.30. The maximum absolute atomic E-state index is 13.0. The molecule has 2 aromatic carbocycles. The fraction of sp³-hybridized carbons (Fsp3) is 0.238. The van der Waals surface area contributed by atoms with Gasteiger partial charge in [0.05, 0.1) is 11.4 Å². The maximum atomic E-state index is 13.0. The first-order valence-electron chi connectivity index (χ1n) is 9.59. The monoisotopic (exact) mass is 462 g/mol. The van der Waals surface area contributed by atoms with Crippen molar-refractivity contribution >= 4 is 42.8 Å².